The summed E-state index contributed by atoms with van der Waals surface area (Å²) in [4.78, 5) is 10.7. The van der Waals surface area contributed by atoms with Crippen LogP contribution in [0.1, 0.15) is 64.2 Å². The molecule has 1 saturated carbocycles. The van der Waals surface area contributed by atoms with Gasteiger partial charge in [0.1, 0.15) is 0 Å². The summed E-state index contributed by atoms with van der Waals surface area (Å²) < 4.78 is 0. The lowest BCUT2D eigenvalue weighted by Crippen LogP contribution is -2.23. The van der Waals surface area contributed by atoms with Gasteiger partial charge in [-0.1, -0.05) is 38.5 Å². The third-order valence-electron chi connectivity index (χ3n) is 3.38. The number of hydrogen-bond acceptors (Lipinski definition) is 2. The molecule has 0 N–H and O–H groups in total. The molecule has 94 valence electrons. The van der Waals surface area contributed by atoms with Crippen molar-refractivity contribution < 1.29 is 4.92 Å². The predicted molar refractivity (Wildman–Crippen MR) is 66.6 cm³/mol. The van der Waals surface area contributed by atoms with Gasteiger partial charge in [0, 0.05) is 23.1 Å². The molecule has 16 heavy (non-hydrogen) atoms. The lowest BCUT2D eigenvalue weighted by Gasteiger charge is -2.14. The van der Waals surface area contributed by atoms with E-state index in [4.69, 9.17) is 11.6 Å². The van der Waals surface area contributed by atoms with Crippen molar-refractivity contribution >= 4 is 11.6 Å². The summed E-state index contributed by atoms with van der Waals surface area (Å²) in [5.41, 5.74) is 0. The molecule has 0 saturated heterocycles. The molecule has 0 heterocycles. The molecule has 1 aliphatic rings. The van der Waals surface area contributed by atoms with Crippen molar-refractivity contribution in [1.82, 2.24) is 0 Å². The number of nitrogens with zero attached hydrogens (tertiary/aromatic N) is 1. The first-order chi connectivity index (χ1) is 7.70. The molecule has 0 radical (unpaired) electrons. The van der Waals surface area contributed by atoms with Crippen LogP contribution >= 0.6 is 11.6 Å². The van der Waals surface area contributed by atoms with E-state index in [9.17, 15) is 10.1 Å². The third-order valence-corrected chi connectivity index (χ3v) is 3.78. The highest BCUT2D eigenvalue weighted by Crippen LogP contribution is 2.21. The van der Waals surface area contributed by atoms with Crippen molar-refractivity contribution in [2.24, 2.45) is 0 Å². The molecule has 0 aliphatic heterocycles. The molecule has 0 aromatic heterocycles. The molecule has 2 atom stereocenters. The molecule has 1 aliphatic carbocycles. The van der Waals surface area contributed by atoms with Crippen LogP contribution in [0.5, 0.6) is 0 Å². The van der Waals surface area contributed by atoms with E-state index >= 15 is 0 Å². The second-order valence-corrected chi connectivity index (χ2v) is 5.44. The Morgan fingerprint density at radius 1 is 0.938 bits per heavy atom. The number of halogens is 1. The zero-order chi connectivity index (χ0) is 11.8. The van der Waals surface area contributed by atoms with E-state index in [1.807, 2.05) is 0 Å². The number of rotatable bonds is 1. The van der Waals surface area contributed by atoms with Gasteiger partial charge in [-0.15, -0.1) is 11.6 Å². The van der Waals surface area contributed by atoms with Gasteiger partial charge in [-0.2, -0.15) is 0 Å². The first-order valence-corrected chi connectivity index (χ1v) is 6.91. The summed E-state index contributed by atoms with van der Waals surface area (Å²) in [6, 6.07) is -0.415. The van der Waals surface area contributed by atoms with Crippen LogP contribution in [0.25, 0.3) is 0 Å². The van der Waals surface area contributed by atoms with E-state index in [0.29, 0.717) is 12.8 Å². The fourth-order valence-corrected chi connectivity index (χ4v) is 2.71. The normalized spacial score (nSPS) is 30.1. The van der Waals surface area contributed by atoms with Crippen LogP contribution in [-0.2, 0) is 0 Å². The first-order valence-electron chi connectivity index (χ1n) is 6.47. The van der Waals surface area contributed by atoms with E-state index in [-0.39, 0.29) is 10.3 Å². The Morgan fingerprint density at radius 3 is 2.00 bits per heavy atom. The summed E-state index contributed by atoms with van der Waals surface area (Å²) in [5, 5.41) is 10.9. The van der Waals surface area contributed by atoms with Gasteiger partial charge in [0.2, 0.25) is 6.04 Å². The van der Waals surface area contributed by atoms with E-state index in [0.717, 1.165) is 25.7 Å². The van der Waals surface area contributed by atoms with Crippen molar-refractivity contribution in [1.29, 1.82) is 0 Å². The summed E-state index contributed by atoms with van der Waals surface area (Å²) >= 11 is 6.15. The summed E-state index contributed by atoms with van der Waals surface area (Å²) in [6.45, 7) is 0. The minimum Gasteiger partial charge on any atom is -0.264 e. The maximum atomic E-state index is 10.9. The van der Waals surface area contributed by atoms with E-state index in [1.165, 1.54) is 25.7 Å². The topological polar surface area (TPSA) is 43.1 Å². The van der Waals surface area contributed by atoms with Gasteiger partial charge in [0.25, 0.3) is 0 Å². The highest BCUT2D eigenvalue weighted by Gasteiger charge is 2.23. The third kappa shape index (κ3) is 5.69. The Morgan fingerprint density at radius 2 is 1.44 bits per heavy atom. The summed E-state index contributed by atoms with van der Waals surface area (Å²) in [6.07, 6.45) is 10.5. The summed E-state index contributed by atoms with van der Waals surface area (Å²) in [5.74, 6) is 0. The molecule has 0 spiro atoms. The van der Waals surface area contributed by atoms with Crippen molar-refractivity contribution in [3.63, 3.8) is 0 Å². The van der Waals surface area contributed by atoms with Crippen molar-refractivity contribution in [2.75, 3.05) is 0 Å². The highest BCUT2D eigenvalue weighted by molar-refractivity contribution is 6.20. The van der Waals surface area contributed by atoms with Crippen LogP contribution in [0.15, 0.2) is 0 Å². The van der Waals surface area contributed by atoms with E-state index in [2.05, 4.69) is 0 Å². The molecule has 1 rings (SSSR count). The van der Waals surface area contributed by atoms with Crippen LogP contribution < -0.4 is 0 Å². The molecule has 2 unspecified atom stereocenters. The molecule has 0 amide bonds. The monoisotopic (exact) mass is 247 g/mol. The van der Waals surface area contributed by atoms with Gasteiger partial charge in [0.15, 0.2) is 0 Å². The maximum Gasteiger partial charge on any atom is 0.214 e. The molecule has 4 heteroatoms. The Labute approximate surface area is 103 Å². The average Bonchev–Trinajstić information content (AvgIpc) is 2.22. The van der Waals surface area contributed by atoms with Crippen LogP contribution in [0, 0.1) is 10.1 Å². The zero-order valence-corrected chi connectivity index (χ0v) is 10.6. The maximum absolute atomic E-state index is 10.9. The smallest absolute Gasteiger partial charge is 0.214 e. The van der Waals surface area contributed by atoms with Crippen LogP contribution in [0.3, 0.4) is 0 Å². The van der Waals surface area contributed by atoms with Gasteiger partial charge in [-0.05, 0) is 12.8 Å². The fourth-order valence-electron chi connectivity index (χ4n) is 2.35. The first kappa shape index (κ1) is 13.8. The van der Waals surface area contributed by atoms with Crippen LogP contribution in [-0.4, -0.2) is 16.3 Å². The Bertz CT molecular complexity index is 211. The number of hydrogen-bond donors (Lipinski definition) is 0. The van der Waals surface area contributed by atoms with Gasteiger partial charge in [-0.25, -0.2) is 0 Å². The molecular formula is C12H22ClNO2. The highest BCUT2D eigenvalue weighted by atomic mass is 35.5. The molecule has 0 bridgehead atoms. The lowest BCUT2D eigenvalue weighted by atomic mass is 9.98. The van der Waals surface area contributed by atoms with E-state index in [1.54, 1.807) is 0 Å². The average molecular weight is 248 g/mol. The van der Waals surface area contributed by atoms with E-state index < -0.39 is 6.04 Å². The summed E-state index contributed by atoms with van der Waals surface area (Å²) in [7, 11) is 0. The van der Waals surface area contributed by atoms with Crippen molar-refractivity contribution in [3.05, 3.63) is 10.1 Å². The Hall–Kier alpha value is -0.310. The quantitative estimate of drug-likeness (QED) is 0.397. The fraction of sp³-hybridized carbons (Fsp3) is 1.00. The Balaban J connectivity index is 2.41. The Kier molecular flexibility index (Phi) is 6.78. The molecule has 0 aromatic carbocycles. The van der Waals surface area contributed by atoms with Gasteiger partial charge < -0.3 is 0 Å². The lowest BCUT2D eigenvalue weighted by molar-refractivity contribution is -0.524. The van der Waals surface area contributed by atoms with Crippen molar-refractivity contribution in [3.8, 4) is 0 Å². The van der Waals surface area contributed by atoms with Crippen LogP contribution in [0.4, 0.5) is 0 Å². The van der Waals surface area contributed by atoms with Crippen molar-refractivity contribution in [2.45, 2.75) is 75.6 Å². The number of alkyl halides is 1. The zero-order valence-electron chi connectivity index (χ0n) is 9.87. The van der Waals surface area contributed by atoms with Gasteiger partial charge in [-0.3, -0.25) is 10.1 Å². The van der Waals surface area contributed by atoms with Gasteiger partial charge >= 0.3 is 0 Å². The SMILES string of the molecule is O=[N+]([O-])C1CCCCCCCCCC(Cl)C1. The molecular weight excluding hydrogens is 226 g/mol. The second-order valence-electron chi connectivity index (χ2n) is 4.82. The largest absolute Gasteiger partial charge is 0.264 e. The minimum atomic E-state index is -0.415. The van der Waals surface area contributed by atoms with Gasteiger partial charge in [0.05, 0.1) is 0 Å². The molecule has 0 aromatic rings. The number of nitro groups is 1. The van der Waals surface area contributed by atoms with Crippen LogP contribution in [0.2, 0.25) is 0 Å². The molecule has 1 fully saturated rings. The second kappa shape index (κ2) is 7.88. The predicted octanol–water partition coefficient (Wildman–Crippen LogP) is 4.15. The minimum absolute atomic E-state index is 0.00479. The standard InChI is InChI=1S/C12H22ClNO2/c13-11-8-6-4-2-1-3-5-7-9-12(10-11)14(15)16/h11-12H,1-10H2. The molecule has 3 nitrogen and oxygen atoms in total.